The fraction of sp³-hybridized carbons (Fsp3) is 0.385. The van der Waals surface area contributed by atoms with Crippen LogP contribution in [-0.2, 0) is 16.0 Å². The summed E-state index contributed by atoms with van der Waals surface area (Å²) in [5, 5.41) is 5.83. The second-order valence-electron chi connectivity index (χ2n) is 4.02. The van der Waals surface area contributed by atoms with E-state index >= 15 is 0 Å². The fourth-order valence-corrected chi connectivity index (χ4v) is 1.58. The van der Waals surface area contributed by atoms with E-state index in [1.807, 2.05) is 12.1 Å². The second kappa shape index (κ2) is 7.63. The lowest BCUT2D eigenvalue weighted by molar-refractivity contribution is -0.142. The van der Waals surface area contributed by atoms with Crippen molar-refractivity contribution in [3.05, 3.63) is 34.9 Å². The highest BCUT2D eigenvalue weighted by molar-refractivity contribution is 6.30. The molecule has 0 heterocycles. The molecule has 5 nitrogen and oxygen atoms in total. The summed E-state index contributed by atoms with van der Waals surface area (Å²) in [4.78, 5) is 22.6. The van der Waals surface area contributed by atoms with Gasteiger partial charge in [0.2, 0.25) is 0 Å². The maximum Gasteiger partial charge on any atom is 0.328 e. The Morgan fingerprint density at radius 2 is 1.95 bits per heavy atom. The molecule has 0 unspecified atom stereocenters. The number of hydrogen-bond acceptors (Lipinski definition) is 3. The second-order valence-corrected chi connectivity index (χ2v) is 4.46. The van der Waals surface area contributed by atoms with Crippen molar-refractivity contribution >= 4 is 23.6 Å². The minimum absolute atomic E-state index is 0.396. The van der Waals surface area contributed by atoms with E-state index in [1.165, 1.54) is 7.11 Å². The first-order chi connectivity index (χ1) is 9.02. The molecule has 1 rings (SSSR count). The largest absolute Gasteiger partial charge is 0.467 e. The molecule has 0 aliphatic rings. The smallest absolute Gasteiger partial charge is 0.328 e. The van der Waals surface area contributed by atoms with Crippen LogP contribution >= 0.6 is 11.6 Å². The number of ether oxygens (including phenoxy) is 1. The molecule has 0 aliphatic heterocycles. The molecule has 0 saturated carbocycles. The summed E-state index contributed by atoms with van der Waals surface area (Å²) in [6, 6.07) is 6.34. The summed E-state index contributed by atoms with van der Waals surface area (Å²) in [5.41, 5.74) is 1.07. The lowest BCUT2D eigenvalue weighted by Gasteiger charge is -2.12. The normalized spacial score (nSPS) is 11.5. The first-order valence-electron chi connectivity index (χ1n) is 5.89. The molecule has 2 N–H and O–H groups in total. The van der Waals surface area contributed by atoms with Crippen LogP contribution in [0.1, 0.15) is 12.5 Å². The van der Waals surface area contributed by atoms with Crippen LogP contribution in [0.3, 0.4) is 0 Å². The van der Waals surface area contributed by atoms with Gasteiger partial charge in [-0.1, -0.05) is 23.7 Å². The molecule has 0 aromatic heterocycles. The molecule has 0 fully saturated rings. The average molecular weight is 285 g/mol. The Labute approximate surface area is 117 Å². The van der Waals surface area contributed by atoms with Gasteiger partial charge in [-0.05, 0) is 31.0 Å². The first kappa shape index (κ1) is 15.3. The lowest BCUT2D eigenvalue weighted by atomic mass is 10.1. The van der Waals surface area contributed by atoms with Crippen molar-refractivity contribution in [1.82, 2.24) is 10.6 Å². The number of amides is 2. The van der Waals surface area contributed by atoms with Crippen LogP contribution in [0.5, 0.6) is 0 Å². The van der Waals surface area contributed by atoms with Gasteiger partial charge in [0.05, 0.1) is 7.11 Å². The number of nitrogens with one attached hydrogen (secondary N) is 2. The van der Waals surface area contributed by atoms with Gasteiger partial charge in [-0.2, -0.15) is 0 Å². The quantitative estimate of drug-likeness (QED) is 0.810. The number of esters is 1. The lowest BCUT2D eigenvalue weighted by Crippen LogP contribution is -2.45. The van der Waals surface area contributed by atoms with Crippen molar-refractivity contribution in [3.8, 4) is 0 Å². The van der Waals surface area contributed by atoms with E-state index in [0.29, 0.717) is 18.0 Å². The molecule has 2 amide bonds. The standard InChI is InChI=1S/C13H17ClN2O3/c1-9(12(17)19-2)16-13(18)15-8-7-10-3-5-11(14)6-4-10/h3-6,9H,7-8H2,1-2H3,(H2,15,16,18)/t9-/m1/s1. The molecule has 1 aromatic carbocycles. The van der Waals surface area contributed by atoms with E-state index in [0.717, 1.165) is 5.56 Å². The molecule has 0 radical (unpaired) electrons. The third-order valence-corrected chi connectivity index (χ3v) is 2.77. The van der Waals surface area contributed by atoms with Crippen LogP contribution in [0.15, 0.2) is 24.3 Å². The van der Waals surface area contributed by atoms with Gasteiger partial charge in [-0.25, -0.2) is 9.59 Å². The van der Waals surface area contributed by atoms with Crippen molar-refractivity contribution in [1.29, 1.82) is 0 Å². The van der Waals surface area contributed by atoms with E-state index in [-0.39, 0.29) is 0 Å². The van der Waals surface area contributed by atoms with Crippen molar-refractivity contribution in [2.75, 3.05) is 13.7 Å². The van der Waals surface area contributed by atoms with Crippen LogP contribution < -0.4 is 10.6 Å². The number of carbonyl (C=O) groups excluding carboxylic acids is 2. The molecule has 1 atom stereocenters. The van der Waals surface area contributed by atoms with Crippen LogP contribution in [0.25, 0.3) is 0 Å². The topological polar surface area (TPSA) is 67.4 Å². The zero-order valence-corrected chi connectivity index (χ0v) is 11.7. The maximum absolute atomic E-state index is 11.5. The number of rotatable bonds is 5. The van der Waals surface area contributed by atoms with Crippen molar-refractivity contribution in [2.45, 2.75) is 19.4 Å². The fourth-order valence-electron chi connectivity index (χ4n) is 1.45. The molecule has 0 spiro atoms. The molecule has 0 bridgehead atoms. The number of hydrogen-bond donors (Lipinski definition) is 2. The molecule has 1 aromatic rings. The number of halogens is 1. The molecule has 0 aliphatic carbocycles. The summed E-state index contributed by atoms with van der Waals surface area (Å²) in [5.74, 6) is -0.479. The van der Waals surface area contributed by atoms with E-state index < -0.39 is 18.0 Å². The molecular weight excluding hydrogens is 268 g/mol. The number of urea groups is 1. The maximum atomic E-state index is 11.5. The molecule has 19 heavy (non-hydrogen) atoms. The Balaban J connectivity index is 2.27. The van der Waals surface area contributed by atoms with Crippen LogP contribution in [-0.4, -0.2) is 31.7 Å². The van der Waals surface area contributed by atoms with Crippen molar-refractivity contribution in [2.24, 2.45) is 0 Å². The van der Waals surface area contributed by atoms with E-state index in [2.05, 4.69) is 15.4 Å². The summed E-state index contributed by atoms with van der Waals surface area (Å²) in [6.45, 7) is 2.03. The van der Waals surface area contributed by atoms with Gasteiger partial charge in [0, 0.05) is 11.6 Å². The third-order valence-electron chi connectivity index (χ3n) is 2.51. The molecule has 6 heteroatoms. The average Bonchev–Trinajstić information content (AvgIpc) is 2.40. The van der Waals surface area contributed by atoms with E-state index in [9.17, 15) is 9.59 Å². The number of carbonyl (C=O) groups is 2. The van der Waals surface area contributed by atoms with Gasteiger partial charge in [-0.15, -0.1) is 0 Å². The van der Waals surface area contributed by atoms with Gasteiger partial charge in [0.25, 0.3) is 0 Å². The Morgan fingerprint density at radius 3 is 2.53 bits per heavy atom. The summed E-state index contributed by atoms with van der Waals surface area (Å²) in [7, 11) is 1.28. The van der Waals surface area contributed by atoms with Gasteiger partial charge in [0.15, 0.2) is 0 Å². The Morgan fingerprint density at radius 1 is 1.32 bits per heavy atom. The number of benzene rings is 1. The zero-order valence-electron chi connectivity index (χ0n) is 10.9. The highest BCUT2D eigenvalue weighted by atomic mass is 35.5. The minimum atomic E-state index is -0.666. The predicted octanol–water partition coefficient (Wildman–Crippen LogP) is 1.74. The first-order valence-corrected chi connectivity index (χ1v) is 6.27. The predicted molar refractivity (Wildman–Crippen MR) is 73.2 cm³/mol. The van der Waals surface area contributed by atoms with Crippen LogP contribution in [0, 0.1) is 0 Å². The summed E-state index contributed by atoms with van der Waals surface area (Å²) >= 11 is 5.77. The van der Waals surface area contributed by atoms with Gasteiger partial charge in [0.1, 0.15) is 6.04 Å². The van der Waals surface area contributed by atoms with E-state index in [1.54, 1.807) is 19.1 Å². The highest BCUT2D eigenvalue weighted by Gasteiger charge is 2.14. The Bertz CT molecular complexity index is 434. The molecular formula is C13H17ClN2O3. The Kier molecular flexibility index (Phi) is 6.15. The van der Waals surface area contributed by atoms with Crippen molar-refractivity contribution < 1.29 is 14.3 Å². The van der Waals surface area contributed by atoms with E-state index in [4.69, 9.17) is 11.6 Å². The summed E-state index contributed by atoms with van der Waals surface area (Å²) in [6.07, 6.45) is 0.692. The van der Waals surface area contributed by atoms with Gasteiger partial charge >= 0.3 is 12.0 Å². The van der Waals surface area contributed by atoms with Crippen LogP contribution in [0.2, 0.25) is 5.02 Å². The summed E-state index contributed by atoms with van der Waals surface area (Å²) < 4.78 is 4.50. The zero-order chi connectivity index (χ0) is 14.3. The van der Waals surface area contributed by atoms with Gasteiger partial charge < -0.3 is 15.4 Å². The minimum Gasteiger partial charge on any atom is -0.467 e. The monoisotopic (exact) mass is 284 g/mol. The molecule has 0 saturated heterocycles. The highest BCUT2D eigenvalue weighted by Crippen LogP contribution is 2.09. The van der Waals surface area contributed by atoms with Crippen molar-refractivity contribution in [3.63, 3.8) is 0 Å². The number of methoxy groups -OCH3 is 1. The molecule has 104 valence electrons. The SMILES string of the molecule is COC(=O)[C@@H](C)NC(=O)NCCc1ccc(Cl)cc1. The van der Waals surface area contributed by atoms with Gasteiger partial charge in [-0.3, -0.25) is 0 Å². The third kappa shape index (κ3) is 5.61. The Hall–Kier alpha value is -1.75. The van der Waals surface area contributed by atoms with Crippen LogP contribution in [0.4, 0.5) is 4.79 Å².